The number of halogens is 1. The summed E-state index contributed by atoms with van der Waals surface area (Å²) in [5, 5.41) is 0. The molecule has 0 saturated carbocycles. The predicted molar refractivity (Wildman–Crippen MR) is 104 cm³/mol. The van der Waals surface area contributed by atoms with Gasteiger partial charge in [-0.1, -0.05) is 66.8 Å². The molecule has 0 amide bonds. The second kappa shape index (κ2) is 8.68. The second-order valence-electron chi connectivity index (χ2n) is 5.72. The molecule has 0 unspecified atom stereocenters. The smallest absolute Gasteiger partial charge is 0.00101 e. The molecule has 3 heteroatoms. The minimum atomic E-state index is 0. The van der Waals surface area contributed by atoms with Gasteiger partial charge in [-0.3, -0.25) is 0 Å². The Labute approximate surface area is 145 Å². The van der Waals surface area contributed by atoms with Crippen molar-refractivity contribution in [1.82, 2.24) is 11.1 Å². The van der Waals surface area contributed by atoms with Gasteiger partial charge < -0.3 is 11.1 Å². The first kappa shape index (κ1) is 19.2. The molecule has 2 nitrogen and oxygen atoms in total. The molecule has 0 saturated heterocycles. The van der Waals surface area contributed by atoms with Crippen LogP contribution in [-0.2, 0) is 0 Å². The average molecular weight is 329 g/mol. The highest BCUT2D eigenvalue weighted by Gasteiger charge is 2.13. The van der Waals surface area contributed by atoms with Crippen molar-refractivity contribution in [3.8, 4) is 0 Å². The van der Waals surface area contributed by atoms with Gasteiger partial charge in [-0.2, -0.15) is 0 Å². The van der Waals surface area contributed by atoms with Gasteiger partial charge in [0.2, 0.25) is 0 Å². The zero-order valence-corrected chi connectivity index (χ0v) is 14.6. The molecule has 0 fully saturated rings. The van der Waals surface area contributed by atoms with E-state index in [1.165, 1.54) is 27.8 Å². The lowest BCUT2D eigenvalue weighted by atomic mass is 9.93. The molecule has 2 aromatic carbocycles. The summed E-state index contributed by atoms with van der Waals surface area (Å²) in [4.78, 5) is 2.23. The van der Waals surface area contributed by atoms with Crippen LogP contribution in [0.4, 0.5) is 0 Å². The third kappa shape index (κ3) is 4.32. The largest absolute Gasteiger partial charge is 0.344 e. The standard InChI is InChI=1S/C20H21N.ClH.H3N/c1-21(2)15-7-12-20-18-10-5-3-8-16(18)13-14-17-9-4-6-11-19(17)20;;/h3-6,8-14H,7,15H2,1-2H3;1H;1H3. The maximum Gasteiger partial charge on any atom is 0.00101 e. The molecular weight excluding hydrogens is 304 g/mol. The third-order valence-electron chi connectivity index (χ3n) is 3.87. The van der Waals surface area contributed by atoms with Gasteiger partial charge in [0.25, 0.3) is 0 Å². The summed E-state index contributed by atoms with van der Waals surface area (Å²) in [5.74, 6) is 0. The summed E-state index contributed by atoms with van der Waals surface area (Å²) in [5.41, 5.74) is 6.61. The Morgan fingerprint density at radius 3 is 1.78 bits per heavy atom. The Balaban J connectivity index is 0.00000132. The van der Waals surface area contributed by atoms with Crippen molar-refractivity contribution in [2.24, 2.45) is 0 Å². The fourth-order valence-electron chi connectivity index (χ4n) is 2.79. The summed E-state index contributed by atoms with van der Waals surface area (Å²) >= 11 is 0. The van der Waals surface area contributed by atoms with Gasteiger partial charge in [-0.15, -0.1) is 12.4 Å². The minimum absolute atomic E-state index is 0. The Bertz CT molecular complexity index is 651. The SMILES string of the molecule is CN(C)CCC=C1c2ccccc2C=Cc2ccccc21.Cl.N. The van der Waals surface area contributed by atoms with Crippen molar-refractivity contribution < 1.29 is 0 Å². The maximum atomic E-state index is 2.38. The van der Waals surface area contributed by atoms with Crippen molar-refractivity contribution in [3.63, 3.8) is 0 Å². The summed E-state index contributed by atoms with van der Waals surface area (Å²) in [6, 6.07) is 17.3. The van der Waals surface area contributed by atoms with Crippen molar-refractivity contribution in [2.75, 3.05) is 20.6 Å². The predicted octanol–water partition coefficient (Wildman–Crippen LogP) is 5.14. The van der Waals surface area contributed by atoms with Crippen LogP contribution in [-0.4, -0.2) is 25.5 Å². The highest BCUT2D eigenvalue weighted by Crippen LogP contribution is 2.33. The van der Waals surface area contributed by atoms with Crippen molar-refractivity contribution in [2.45, 2.75) is 6.42 Å². The van der Waals surface area contributed by atoms with Gasteiger partial charge in [0.05, 0.1) is 0 Å². The van der Waals surface area contributed by atoms with Gasteiger partial charge in [0.1, 0.15) is 0 Å². The number of hydrogen-bond donors (Lipinski definition) is 1. The third-order valence-corrected chi connectivity index (χ3v) is 3.87. The van der Waals surface area contributed by atoms with Crippen LogP contribution < -0.4 is 6.15 Å². The van der Waals surface area contributed by atoms with E-state index in [0.29, 0.717) is 0 Å². The van der Waals surface area contributed by atoms with Gasteiger partial charge in [0.15, 0.2) is 0 Å². The van der Waals surface area contributed by atoms with Crippen LogP contribution in [0.1, 0.15) is 28.7 Å². The highest BCUT2D eigenvalue weighted by molar-refractivity contribution is 5.93. The Morgan fingerprint density at radius 2 is 1.30 bits per heavy atom. The number of benzene rings is 2. The van der Waals surface area contributed by atoms with Crippen molar-refractivity contribution in [3.05, 3.63) is 76.9 Å². The quantitative estimate of drug-likeness (QED) is 0.723. The molecule has 0 aliphatic heterocycles. The van der Waals surface area contributed by atoms with Crippen molar-refractivity contribution in [1.29, 1.82) is 0 Å². The van der Waals surface area contributed by atoms with Crippen LogP contribution in [0.15, 0.2) is 54.6 Å². The number of fused-ring (bicyclic) bond motifs is 2. The Morgan fingerprint density at radius 1 is 0.826 bits per heavy atom. The molecule has 122 valence electrons. The van der Waals surface area contributed by atoms with E-state index in [1.807, 2.05) is 0 Å². The molecule has 23 heavy (non-hydrogen) atoms. The van der Waals surface area contributed by atoms with Crippen LogP contribution in [0.25, 0.3) is 17.7 Å². The van der Waals surface area contributed by atoms with E-state index in [-0.39, 0.29) is 18.6 Å². The van der Waals surface area contributed by atoms with E-state index >= 15 is 0 Å². The van der Waals surface area contributed by atoms with E-state index in [9.17, 15) is 0 Å². The highest BCUT2D eigenvalue weighted by atomic mass is 35.5. The fraction of sp³-hybridized carbons (Fsp3) is 0.200. The number of hydrogen-bond acceptors (Lipinski definition) is 2. The lowest BCUT2D eigenvalue weighted by Gasteiger charge is -2.13. The summed E-state index contributed by atoms with van der Waals surface area (Å²) in [6.45, 7) is 1.07. The zero-order valence-electron chi connectivity index (χ0n) is 13.8. The van der Waals surface area contributed by atoms with Crippen LogP contribution in [0.2, 0.25) is 0 Å². The molecule has 0 bridgehead atoms. The lowest BCUT2D eigenvalue weighted by molar-refractivity contribution is 0.417. The van der Waals surface area contributed by atoms with E-state index in [4.69, 9.17) is 0 Å². The molecule has 0 radical (unpaired) electrons. The Hall–Kier alpha value is -1.87. The van der Waals surface area contributed by atoms with E-state index in [2.05, 4.69) is 85.8 Å². The van der Waals surface area contributed by atoms with E-state index < -0.39 is 0 Å². The summed E-state index contributed by atoms with van der Waals surface area (Å²) < 4.78 is 0. The van der Waals surface area contributed by atoms with Crippen LogP contribution >= 0.6 is 12.4 Å². The first-order valence-electron chi connectivity index (χ1n) is 7.47. The number of rotatable bonds is 3. The molecular formula is C20H25ClN2. The van der Waals surface area contributed by atoms with Gasteiger partial charge in [-0.05, 0) is 48.3 Å². The molecule has 3 N–H and O–H groups in total. The zero-order chi connectivity index (χ0) is 14.7. The van der Waals surface area contributed by atoms with Crippen LogP contribution in [0.5, 0.6) is 0 Å². The first-order valence-corrected chi connectivity index (χ1v) is 7.47. The Kier molecular flexibility index (Phi) is 7.24. The minimum Gasteiger partial charge on any atom is -0.344 e. The molecule has 1 aliphatic rings. The summed E-state index contributed by atoms with van der Waals surface area (Å²) in [6.07, 6.45) is 7.89. The molecule has 0 atom stereocenters. The van der Waals surface area contributed by atoms with Gasteiger partial charge in [0, 0.05) is 6.54 Å². The maximum absolute atomic E-state index is 2.38. The second-order valence-corrected chi connectivity index (χ2v) is 5.72. The van der Waals surface area contributed by atoms with E-state index in [1.54, 1.807) is 0 Å². The van der Waals surface area contributed by atoms with Crippen LogP contribution in [0, 0.1) is 0 Å². The normalized spacial score (nSPS) is 11.7. The molecule has 0 aromatic heterocycles. The molecule has 0 spiro atoms. The van der Waals surface area contributed by atoms with Crippen LogP contribution in [0.3, 0.4) is 0 Å². The average Bonchev–Trinajstić information content (AvgIpc) is 2.65. The molecule has 0 heterocycles. The topological polar surface area (TPSA) is 38.2 Å². The van der Waals surface area contributed by atoms with Gasteiger partial charge in [-0.25, -0.2) is 0 Å². The van der Waals surface area contributed by atoms with Crippen molar-refractivity contribution >= 4 is 30.1 Å². The number of nitrogens with zero attached hydrogens (tertiary/aromatic N) is 1. The lowest BCUT2D eigenvalue weighted by Crippen LogP contribution is -2.12. The van der Waals surface area contributed by atoms with Gasteiger partial charge >= 0.3 is 0 Å². The summed E-state index contributed by atoms with van der Waals surface area (Å²) in [7, 11) is 4.24. The monoisotopic (exact) mass is 328 g/mol. The van der Waals surface area contributed by atoms with E-state index in [0.717, 1.165) is 13.0 Å². The molecule has 1 aliphatic carbocycles. The molecule has 2 aromatic rings. The fourth-order valence-corrected chi connectivity index (χ4v) is 2.79. The molecule has 3 rings (SSSR count). The first-order chi connectivity index (χ1) is 10.3.